The molecule has 0 aromatic carbocycles. The fourth-order valence-electron chi connectivity index (χ4n) is 0.944. The third-order valence-corrected chi connectivity index (χ3v) is 2.67. The van der Waals surface area contributed by atoms with Crippen LogP contribution in [0.3, 0.4) is 0 Å². The molecule has 0 atom stereocenters. The van der Waals surface area contributed by atoms with E-state index >= 15 is 0 Å². The SMILES string of the molecule is Brc1nc2n(n1)CCSC2. The molecular weight excluding hydrogens is 214 g/mol. The molecule has 0 amide bonds. The monoisotopic (exact) mass is 219 g/mol. The Bertz CT molecular complexity index is 224. The van der Waals surface area contributed by atoms with Gasteiger partial charge in [-0.25, -0.2) is 9.67 Å². The van der Waals surface area contributed by atoms with Crippen LogP contribution in [0, 0.1) is 0 Å². The van der Waals surface area contributed by atoms with E-state index in [0.29, 0.717) is 4.73 Å². The second kappa shape index (κ2) is 2.54. The van der Waals surface area contributed by atoms with E-state index in [9.17, 15) is 0 Å². The molecule has 0 fully saturated rings. The van der Waals surface area contributed by atoms with Gasteiger partial charge in [-0.3, -0.25) is 0 Å². The zero-order valence-electron chi connectivity index (χ0n) is 5.25. The van der Waals surface area contributed by atoms with E-state index in [-0.39, 0.29) is 0 Å². The first kappa shape index (κ1) is 6.67. The Hall–Kier alpha value is -0.0300. The maximum atomic E-state index is 4.20. The van der Waals surface area contributed by atoms with Gasteiger partial charge in [0.2, 0.25) is 4.73 Å². The Morgan fingerprint density at radius 2 is 2.50 bits per heavy atom. The Morgan fingerprint density at radius 1 is 1.60 bits per heavy atom. The number of fused-ring (bicyclic) bond motifs is 1. The lowest BCUT2D eigenvalue weighted by atomic mass is 10.6. The lowest BCUT2D eigenvalue weighted by molar-refractivity contribution is 0.625. The van der Waals surface area contributed by atoms with Crippen LogP contribution in [0.4, 0.5) is 0 Å². The number of hydrogen-bond donors (Lipinski definition) is 0. The summed E-state index contributed by atoms with van der Waals surface area (Å²) in [4.78, 5) is 4.20. The Labute approximate surface area is 71.3 Å². The molecule has 0 aliphatic carbocycles. The minimum Gasteiger partial charge on any atom is -0.247 e. The van der Waals surface area contributed by atoms with Crippen LogP contribution in [0.1, 0.15) is 5.82 Å². The molecule has 1 aliphatic heterocycles. The van der Waals surface area contributed by atoms with Gasteiger partial charge in [0.25, 0.3) is 0 Å². The molecule has 0 N–H and O–H groups in total. The first-order valence-corrected chi connectivity index (χ1v) is 4.98. The van der Waals surface area contributed by atoms with Crippen LogP contribution in [0.15, 0.2) is 4.73 Å². The summed E-state index contributed by atoms with van der Waals surface area (Å²) in [5.41, 5.74) is 0. The first-order chi connectivity index (χ1) is 4.86. The van der Waals surface area contributed by atoms with Gasteiger partial charge in [-0.15, -0.1) is 5.10 Å². The number of rotatable bonds is 0. The summed E-state index contributed by atoms with van der Waals surface area (Å²) in [6, 6.07) is 0. The molecule has 1 aromatic rings. The topological polar surface area (TPSA) is 30.7 Å². The minimum atomic E-state index is 0.713. The summed E-state index contributed by atoms with van der Waals surface area (Å²) in [6.07, 6.45) is 0. The molecule has 0 bridgehead atoms. The molecule has 2 heterocycles. The van der Waals surface area contributed by atoms with Crippen LogP contribution >= 0.6 is 27.7 Å². The van der Waals surface area contributed by atoms with Crippen LogP contribution in [-0.2, 0) is 12.3 Å². The van der Waals surface area contributed by atoms with Gasteiger partial charge in [-0.1, -0.05) is 0 Å². The average Bonchev–Trinajstić information content (AvgIpc) is 2.27. The minimum absolute atomic E-state index is 0.713. The maximum Gasteiger partial charge on any atom is 0.217 e. The highest BCUT2D eigenvalue weighted by Gasteiger charge is 2.11. The highest BCUT2D eigenvalue weighted by Crippen LogP contribution is 2.18. The standard InChI is InChI=1S/C5H6BrN3S/c6-5-7-4-3-10-2-1-9(4)8-5/h1-3H2. The number of thioether (sulfide) groups is 1. The summed E-state index contributed by atoms with van der Waals surface area (Å²) in [6.45, 7) is 0.999. The van der Waals surface area contributed by atoms with E-state index in [4.69, 9.17) is 0 Å². The molecule has 5 heteroatoms. The molecular formula is C5H6BrN3S. The van der Waals surface area contributed by atoms with Gasteiger partial charge < -0.3 is 0 Å². The van der Waals surface area contributed by atoms with Crippen molar-refractivity contribution < 1.29 is 0 Å². The zero-order chi connectivity index (χ0) is 6.97. The van der Waals surface area contributed by atoms with E-state index in [1.165, 1.54) is 0 Å². The molecule has 0 unspecified atom stereocenters. The smallest absolute Gasteiger partial charge is 0.217 e. The molecule has 10 heavy (non-hydrogen) atoms. The van der Waals surface area contributed by atoms with Crippen LogP contribution in [0.2, 0.25) is 0 Å². The molecule has 0 saturated carbocycles. The van der Waals surface area contributed by atoms with E-state index in [0.717, 1.165) is 23.9 Å². The number of hydrogen-bond acceptors (Lipinski definition) is 3. The molecule has 0 radical (unpaired) electrons. The van der Waals surface area contributed by atoms with Crippen LogP contribution < -0.4 is 0 Å². The Morgan fingerprint density at radius 3 is 3.30 bits per heavy atom. The van der Waals surface area contributed by atoms with Crippen molar-refractivity contribution in [3.63, 3.8) is 0 Å². The number of aryl methyl sites for hydroxylation is 1. The predicted octanol–water partition coefficient (Wildman–Crippen LogP) is 1.29. The first-order valence-electron chi connectivity index (χ1n) is 3.03. The number of halogens is 1. The molecule has 0 spiro atoms. The fourth-order valence-corrected chi connectivity index (χ4v) is 2.18. The second-order valence-corrected chi connectivity index (χ2v) is 3.89. The fraction of sp³-hybridized carbons (Fsp3) is 0.600. The van der Waals surface area contributed by atoms with Gasteiger partial charge >= 0.3 is 0 Å². The molecule has 2 rings (SSSR count). The quantitative estimate of drug-likeness (QED) is 0.660. The summed E-state index contributed by atoms with van der Waals surface area (Å²) >= 11 is 5.15. The second-order valence-electron chi connectivity index (χ2n) is 2.07. The zero-order valence-corrected chi connectivity index (χ0v) is 7.65. The van der Waals surface area contributed by atoms with Gasteiger partial charge in [0.1, 0.15) is 5.82 Å². The Balaban J connectivity index is 2.41. The van der Waals surface area contributed by atoms with Gasteiger partial charge in [0.15, 0.2) is 0 Å². The summed E-state index contributed by atoms with van der Waals surface area (Å²) in [7, 11) is 0. The number of aromatic nitrogens is 3. The van der Waals surface area contributed by atoms with Crippen molar-refractivity contribution in [2.45, 2.75) is 12.3 Å². The lowest BCUT2D eigenvalue weighted by Gasteiger charge is -2.09. The van der Waals surface area contributed by atoms with Crippen molar-refractivity contribution in [1.29, 1.82) is 0 Å². The van der Waals surface area contributed by atoms with E-state index in [1.807, 2.05) is 16.4 Å². The van der Waals surface area contributed by atoms with Crippen molar-refractivity contribution in [2.75, 3.05) is 5.75 Å². The van der Waals surface area contributed by atoms with Crippen LogP contribution in [0.5, 0.6) is 0 Å². The highest BCUT2D eigenvalue weighted by molar-refractivity contribution is 9.10. The van der Waals surface area contributed by atoms with E-state index in [2.05, 4.69) is 26.0 Å². The predicted molar refractivity (Wildman–Crippen MR) is 43.9 cm³/mol. The van der Waals surface area contributed by atoms with Crippen LogP contribution in [0.25, 0.3) is 0 Å². The van der Waals surface area contributed by atoms with Gasteiger partial charge in [0.05, 0.1) is 12.3 Å². The third-order valence-electron chi connectivity index (χ3n) is 1.40. The molecule has 1 aliphatic rings. The largest absolute Gasteiger partial charge is 0.247 e. The van der Waals surface area contributed by atoms with E-state index in [1.54, 1.807) is 0 Å². The van der Waals surface area contributed by atoms with Gasteiger partial charge in [0, 0.05) is 5.75 Å². The Kier molecular flexibility index (Phi) is 1.69. The molecule has 1 aromatic heterocycles. The van der Waals surface area contributed by atoms with Crippen molar-refractivity contribution in [3.05, 3.63) is 10.6 Å². The summed E-state index contributed by atoms with van der Waals surface area (Å²) in [5, 5.41) is 4.16. The highest BCUT2D eigenvalue weighted by atomic mass is 79.9. The molecule has 54 valence electrons. The number of nitrogens with zero attached hydrogens (tertiary/aromatic N) is 3. The van der Waals surface area contributed by atoms with Crippen molar-refractivity contribution in [2.24, 2.45) is 0 Å². The van der Waals surface area contributed by atoms with Crippen molar-refractivity contribution in [1.82, 2.24) is 14.8 Å². The molecule has 3 nitrogen and oxygen atoms in total. The van der Waals surface area contributed by atoms with E-state index < -0.39 is 0 Å². The lowest BCUT2D eigenvalue weighted by Crippen LogP contribution is -2.11. The molecule has 0 saturated heterocycles. The summed E-state index contributed by atoms with van der Waals surface area (Å²) in [5.74, 6) is 3.24. The third kappa shape index (κ3) is 1.08. The summed E-state index contributed by atoms with van der Waals surface area (Å²) < 4.78 is 2.67. The maximum absolute atomic E-state index is 4.20. The van der Waals surface area contributed by atoms with Crippen LogP contribution in [-0.4, -0.2) is 20.5 Å². The normalized spacial score (nSPS) is 16.9. The van der Waals surface area contributed by atoms with Crippen molar-refractivity contribution >= 4 is 27.7 Å². The van der Waals surface area contributed by atoms with Gasteiger partial charge in [-0.05, 0) is 15.9 Å². The van der Waals surface area contributed by atoms with Gasteiger partial charge in [-0.2, -0.15) is 11.8 Å². The average molecular weight is 220 g/mol. The van der Waals surface area contributed by atoms with Crippen molar-refractivity contribution in [3.8, 4) is 0 Å².